The number of nitrogens with two attached hydrogens (primary N) is 1. The number of benzene rings is 2. The highest BCUT2D eigenvalue weighted by Crippen LogP contribution is 2.32. The number of nitrogens with one attached hydrogen (secondary N) is 1. The maximum atomic E-state index is 13.8. The van der Waals surface area contributed by atoms with Crippen LogP contribution in [0.4, 0.5) is 20.2 Å². The zero-order chi connectivity index (χ0) is 22.2. The van der Waals surface area contributed by atoms with Gasteiger partial charge >= 0.3 is 0 Å². The van der Waals surface area contributed by atoms with Crippen LogP contribution < -0.4 is 15.8 Å². The van der Waals surface area contributed by atoms with Gasteiger partial charge in [-0.05, 0) is 49.4 Å². The standard InChI is InChI=1S/C22H22F2N4O3/c1-14-19(6-3-10-30-14)27-28-20-12-15(7-8-21(20)31-11-9-25)26-22(29)13-16-17(23)4-2-5-18(16)24/h2-8,10,12,14H,9,11,13,25H2,1H3,(H,26,29). The molecule has 0 aliphatic carbocycles. The van der Waals surface area contributed by atoms with E-state index in [1.165, 1.54) is 6.07 Å². The average Bonchev–Trinajstić information content (AvgIpc) is 2.75. The molecular weight excluding hydrogens is 406 g/mol. The first-order valence-electron chi connectivity index (χ1n) is 9.61. The van der Waals surface area contributed by atoms with E-state index in [9.17, 15) is 13.6 Å². The van der Waals surface area contributed by atoms with Crippen molar-refractivity contribution < 1.29 is 23.0 Å². The third kappa shape index (κ3) is 5.95. The lowest BCUT2D eigenvalue weighted by molar-refractivity contribution is -0.115. The van der Waals surface area contributed by atoms with Gasteiger partial charge in [0.1, 0.15) is 41.5 Å². The SMILES string of the molecule is CC1OC=CC=C1N=Nc1cc(NC(=O)Cc2c(F)cccc2F)ccc1OCCN. The van der Waals surface area contributed by atoms with Gasteiger partial charge in [-0.3, -0.25) is 4.79 Å². The number of ether oxygens (including phenoxy) is 2. The van der Waals surface area contributed by atoms with Crippen molar-refractivity contribution in [3.63, 3.8) is 0 Å². The molecular formula is C22H22F2N4O3. The van der Waals surface area contributed by atoms with Crippen LogP contribution in [0.2, 0.25) is 0 Å². The molecule has 0 saturated carbocycles. The number of allylic oxidation sites excluding steroid dienone is 2. The summed E-state index contributed by atoms with van der Waals surface area (Å²) in [5, 5.41) is 11.0. The fourth-order valence-electron chi connectivity index (χ4n) is 2.76. The van der Waals surface area contributed by atoms with Crippen LogP contribution in [0, 0.1) is 11.6 Å². The Morgan fingerprint density at radius 3 is 2.71 bits per heavy atom. The smallest absolute Gasteiger partial charge is 0.229 e. The summed E-state index contributed by atoms with van der Waals surface area (Å²) < 4.78 is 38.5. The third-order valence-electron chi connectivity index (χ3n) is 4.34. The number of carbonyl (C=O) groups is 1. The van der Waals surface area contributed by atoms with Crippen molar-refractivity contribution in [2.75, 3.05) is 18.5 Å². The lowest BCUT2D eigenvalue weighted by atomic mass is 10.1. The zero-order valence-electron chi connectivity index (χ0n) is 16.8. The van der Waals surface area contributed by atoms with Crippen molar-refractivity contribution in [1.29, 1.82) is 0 Å². The largest absolute Gasteiger partial charge is 0.492 e. The highest BCUT2D eigenvalue weighted by molar-refractivity contribution is 5.93. The molecule has 3 rings (SSSR count). The second-order valence-corrected chi connectivity index (χ2v) is 6.64. The van der Waals surface area contributed by atoms with Gasteiger partial charge in [0.15, 0.2) is 0 Å². The van der Waals surface area contributed by atoms with E-state index in [4.69, 9.17) is 15.2 Å². The van der Waals surface area contributed by atoms with Crippen molar-refractivity contribution >= 4 is 17.3 Å². The van der Waals surface area contributed by atoms with E-state index in [2.05, 4.69) is 15.5 Å². The zero-order valence-corrected chi connectivity index (χ0v) is 16.8. The van der Waals surface area contributed by atoms with Gasteiger partial charge in [-0.1, -0.05) is 6.07 Å². The van der Waals surface area contributed by atoms with Gasteiger partial charge in [-0.25, -0.2) is 8.78 Å². The second kappa shape index (κ2) is 10.4. The molecule has 2 aromatic carbocycles. The number of anilines is 1. The van der Waals surface area contributed by atoms with Crippen molar-refractivity contribution in [1.82, 2.24) is 0 Å². The predicted octanol–water partition coefficient (Wildman–Crippen LogP) is 4.38. The summed E-state index contributed by atoms with van der Waals surface area (Å²) in [5.41, 5.74) is 6.53. The minimum Gasteiger partial charge on any atom is -0.492 e. The minimum absolute atomic E-state index is 0.263. The Labute approximate surface area is 178 Å². The van der Waals surface area contributed by atoms with Crippen LogP contribution in [-0.4, -0.2) is 25.2 Å². The van der Waals surface area contributed by atoms with E-state index >= 15 is 0 Å². The molecule has 0 bridgehead atoms. The Hall–Kier alpha value is -3.59. The highest BCUT2D eigenvalue weighted by atomic mass is 19.1. The molecule has 0 saturated heterocycles. The molecule has 2 aromatic rings. The van der Waals surface area contributed by atoms with Crippen LogP contribution in [0.15, 0.2) is 70.7 Å². The molecule has 31 heavy (non-hydrogen) atoms. The first-order chi connectivity index (χ1) is 15.0. The number of nitrogens with zero attached hydrogens (tertiary/aromatic N) is 2. The first-order valence-corrected chi connectivity index (χ1v) is 9.61. The minimum atomic E-state index is -0.777. The third-order valence-corrected chi connectivity index (χ3v) is 4.34. The fraction of sp³-hybridized carbons (Fsp3) is 0.227. The molecule has 1 amide bonds. The summed E-state index contributed by atoms with van der Waals surface area (Å²) in [4.78, 5) is 12.3. The molecule has 1 aliphatic heterocycles. The number of amides is 1. The molecule has 1 unspecified atom stereocenters. The number of carbonyl (C=O) groups excluding carboxylic acids is 1. The topological polar surface area (TPSA) is 98.3 Å². The van der Waals surface area contributed by atoms with Crippen LogP contribution in [0.5, 0.6) is 5.75 Å². The summed E-state index contributed by atoms with van der Waals surface area (Å²) in [5.74, 6) is -1.71. The number of halogens is 2. The van der Waals surface area contributed by atoms with Crippen LogP contribution in [0.3, 0.4) is 0 Å². The average molecular weight is 428 g/mol. The van der Waals surface area contributed by atoms with Gasteiger partial charge < -0.3 is 20.5 Å². The van der Waals surface area contributed by atoms with Crippen LogP contribution in [0.25, 0.3) is 0 Å². The summed E-state index contributed by atoms with van der Waals surface area (Å²) in [6, 6.07) is 8.21. The van der Waals surface area contributed by atoms with Crippen LogP contribution in [0.1, 0.15) is 12.5 Å². The van der Waals surface area contributed by atoms with Gasteiger partial charge in [0.25, 0.3) is 0 Å². The maximum absolute atomic E-state index is 13.8. The van der Waals surface area contributed by atoms with E-state index in [1.807, 2.05) is 6.92 Å². The Morgan fingerprint density at radius 1 is 1.23 bits per heavy atom. The molecule has 1 aliphatic rings. The van der Waals surface area contributed by atoms with E-state index in [0.717, 1.165) is 12.1 Å². The number of hydrogen-bond donors (Lipinski definition) is 2. The second-order valence-electron chi connectivity index (χ2n) is 6.64. The Bertz CT molecular complexity index is 1020. The molecule has 9 heteroatoms. The van der Waals surface area contributed by atoms with E-state index in [1.54, 1.807) is 36.6 Å². The maximum Gasteiger partial charge on any atom is 0.229 e. The Balaban J connectivity index is 1.79. The summed E-state index contributed by atoms with van der Waals surface area (Å²) in [6.45, 7) is 2.41. The van der Waals surface area contributed by atoms with Gasteiger partial charge in [-0.15, -0.1) is 5.11 Å². The van der Waals surface area contributed by atoms with Crippen molar-refractivity contribution in [2.24, 2.45) is 16.0 Å². The normalized spacial score (nSPS) is 15.5. The number of hydrogen-bond acceptors (Lipinski definition) is 6. The van der Waals surface area contributed by atoms with Crippen LogP contribution >= 0.6 is 0 Å². The van der Waals surface area contributed by atoms with Crippen molar-refractivity contribution in [3.8, 4) is 5.75 Å². The lowest BCUT2D eigenvalue weighted by Crippen LogP contribution is -2.16. The number of rotatable bonds is 8. The summed E-state index contributed by atoms with van der Waals surface area (Å²) in [7, 11) is 0. The van der Waals surface area contributed by atoms with Gasteiger partial charge in [0, 0.05) is 17.8 Å². The van der Waals surface area contributed by atoms with E-state index < -0.39 is 24.0 Å². The predicted molar refractivity (Wildman–Crippen MR) is 112 cm³/mol. The Kier molecular flexibility index (Phi) is 7.45. The Morgan fingerprint density at radius 2 is 2.00 bits per heavy atom. The highest BCUT2D eigenvalue weighted by Gasteiger charge is 2.15. The first kappa shape index (κ1) is 22.1. The molecule has 1 atom stereocenters. The van der Waals surface area contributed by atoms with Crippen molar-refractivity contribution in [2.45, 2.75) is 19.4 Å². The van der Waals surface area contributed by atoms with E-state index in [-0.39, 0.29) is 18.3 Å². The molecule has 7 nitrogen and oxygen atoms in total. The summed E-state index contributed by atoms with van der Waals surface area (Å²) in [6.07, 6.45) is 4.33. The molecule has 162 valence electrons. The molecule has 0 fully saturated rings. The van der Waals surface area contributed by atoms with Gasteiger partial charge in [0.05, 0.1) is 12.7 Å². The molecule has 0 spiro atoms. The van der Waals surface area contributed by atoms with Gasteiger partial charge in [-0.2, -0.15) is 5.11 Å². The monoisotopic (exact) mass is 428 g/mol. The van der Waals surface area contributed by atoms with Crippen LogP contribution in [-0.2, 0) is 16.0 Å². The molecule has 0 aromatic heterocycles. The summed E-state index contributed by atoms with van der Waals surface area (Å²) >= 11 is 0. The fourth-order valence-corrected chi connectivity index (χ4v) is 2.76. The van der Waals surface area contributed by atoms with E-state index in [0.29, 0.717) is 29.4 Å². The lowest BCUT2D eigenvalue weighted by Gasteiger charge is -2.14. The molecule has 0 radical (unpaired) electrons. The molecule has 1 heterocycles. The van der Waals surface area contributed by atoms with Gasteiger partial charge in [0.2, 0.25) is 5.91 Å². The van der Waals surface area contributed by atoms with Crippen molar-refractivity contribution in [3.05, 3.63) is 77.7 Å². The molecule has 3 N–H and O–H groups in total. The quantitative estimate of drug-likeness (QED) is 0.610. The number of azo groups is 1.